The lowest BCUT2D eigenvalue weighted by molar-refractivity contribution is -0.145. The SMILES string of the molecule is NC(=O)CNC(=O)C(=O)N1CCCNCC1. The summed E-state index contributed by atoms with van der Waals surface area (Å²) in [6, 6.07) is 0. The standard InChI is InChI=1S/C9H16N4O3/c10-7(14)6-12-8(15)9(16)13-4-1-2-11-3-5-13/h11H,1-6H2,(H2,10,14)(H,12,15). The lowest BCUT2D eigenvalue weighted by atomic mass is 10.3. The molecule has 0 aromatic heterocycles. The van der Waals surface area contributed by atoms with Crippen molar-refractivity contribution in [2.24, 2.45) is 5.73 Å². The number of nitrogens with zero attached hydrogens (tertiary/aromatic N) is 1. The fraction of sp³-hybridized carbons (Fsp3) is 0.667. The molecule has 1 saturated heterocycles. The van der Waals surface area contributed by atoms with Gasteiger partial charge in [0.15, 0.2) is 0 Å². The van der Waals surface area contributed by atoms with Crippen LogP contribution >= 0.6 is 0 Å². The Labute approximate surface area is 93.3 Å². The molecule has 16 heavy (non-hydrogen) atoms. The van der Waals surface area contributed by atoms with Crippen molar-refractivity contribution in [1.29, 1.82) is 0 Å². The molecule has 90 valence electrons. The number of carbonyl (C=O) groups is 3. The lowest BCUT2D eigenvalue weighted by Gasteiger charge is -2.18. The summed E-state index contributed by atoms with van der Waals surface area (Å²) in [5, 5.41) is 5.30. The van der Waals surface area contributed by atoms with E-state index in [2.05, 4.69) is 10.6 Å². The molecule has 1 aliphatic rings. The Morgan fingerprint density at radius 2 is 2.00 bits per heavy atom. The molecule has 0 aromatic carbocycles. The third-order valence-corrected chi connectivity index (χ3v) is 2.24. The van der Waals surface area contributed by atoms with Crippen LogP contribution in [0.4, 0.5) is 0 Å². The fourth-order valence-corrected chi connectivity index (χ4v) is 1.44. The van der Waals surface area contributed by atoms with Gasteiger partial charge in [0.1, 0.15) is 0 Å². The minimum absolute atomic E-state index is 0.309. The third kappa shape index (κ3) is 3.85. The molecule has 0 radical (unpaired) electrons. The normalized spacial score (nSPS) is 16.4. The molecule has 0 bridgehead atoms. The summed E-state index contributed by atoms with van der Waals surface area (Å²) in [4.78, 5) is 34.8. The van der Waals surface area contributed by atoms with Crippen molar-refractivity contribution in [2.45, 2.75) is 6.42 Å². The molecule has 1 aliphatic heterocycles. The number of rotatable bonds is 2. The highest BCUT2D eigenvalue weighted by Crippen LogP contribution is 1.96. The second kappa shape index (κ2) is 6.06. The summed E-state index contributed by atoms with van der Waals surface area (Å²) in [5.74, 6) is -2.05. The Morgan fingerprint density at radius 3 is 2.69 bits per heavy atom. The van der Waals surface area contributed by atoms with Gasteiger partial charge >= 0.3 is 11.8 Å². The van der Waals surface area contributed by atoms with E-state index < -0.39 is 17.7 Å². The maximum absolute atomic E-state index is 11.6. The summed E-state index contributed by atoms with van der Waals surface area (Å²) >= 11 is 0. The first-order valence-corrected chi connectivity index (χ1v) is 5.17. The largest absolute Gasteiger partial charge is 0.368 e. The van der Waals surface area contributed by atoms with Gasteiger partial charge in [-0.05, 0) is 13.0 Å². The minimum Gasteiger partial charge on any atom is -0.368 e. The monoisotopic (exact) mass is 228 g/mol. The smallest absolute Gasteiger partial charge is 0.311 e. The van der Waals surface area contributed by atoms with Crippen molar-refractivity contribution in [1.82, 2.24) is 15.5 Å². The molecular weight excluding hydrogens is 212 g/mol. The van der Waals surface area contributed by atoms with Crippen molar-refractivity contribution < 1.29 is 14.4 Å². The number of hydrogen-bond acceptors (Lipinski definition) is 4. The van der Waals surface area contributed by atoms with Gasteiger partial charge in [-0.25, -0.2) is 0 Å². The van der Waals surface area contributed by atoms with Crippen LogP contribution in [0.2, 0.25) is 0 Å². The Bertz CT molecular complexity index is 284. The number of amides is 3. The predicted molar refractivity (Wildman–Crippen MR) is 56.3 cm³/mol. The summed E-state index contributed by atoms with van der Waals surface area (Å²) < 4.78 is 0. The maximum atomic E-state index is 11.6. The highest BCUT2D eigenvalue weighted by molar-refractivity contribution is 6.35. The van der Waals surface area contributed by atoms with Crippen molar-refractivity contribution in [2.75, 3.05) is 32.7 Å². The van der Waals surface area contributed by atoms with E-state index in [0.29, 0.717) is 19.6 Å². The molecule has 0 aliphatic carbocycles. The zero-order valence-electron chi connectivity index (χ0n) is 8.99. The first kappa shape index (κ1) is 12.4. The van der Waals surface area contributed by atoms with Gasteiger partial charge in [0.05, 0.1) is 6.54 Å². The van der Waals surface area contributed by atoms with Crippen LogP contribution in [-0.4, -0.2) is 55.3 Å². The first-order chi connectivity index (χ1) is 7.61. The van der Waals surface area contributed by atoms with Gasteiger partial charge < -0.3 is 21.3 Å². The zero-order valence-corrected chi connectivity index (χ0v) is 8.99. The van der Waals surface area contributed by atoms with Crippen LogP contribution in [0.5, 0.6) is 0 Å². The average Bonchev–Trinajstić information content (AvgIpc) is 2.53. The molecule has 0 unspecified atom stereocenters. The van der Waals surface area contributed by atoms with Gasteiger partial charge in [-0.1, -0.05) is 0 Å². The van der Waals surface area contributed by atoms with Crippen LogP contribution in [0.15, 0.2) is 0 Å². The highest BCUT2D eigenvalue weighted by Gasteiger charge is 2.22. The van der Waals surface area contributed by atoms with Gasteiger partial charge in [0, 0.05) is 19.6 Å². The van der Waals surface area contributed by atoms with Crippen LogP contribution in [0.1, 0.15) is 6.42 Å². The van der Waals surface area contributed by atoms with E-state index >= 15 is 0 Å². The molecule has 1 rings (SSSR count). The number of primary amides is 1. The molecule has 1 fully saturated rings. The van der Waals surface area contributed by atoms with Crippen LogP contribution < -0.4 is 16.4 Å². The number of hydrogen-bond donors (Lipinski definition) is 3. The van der Waals surface area contributed by atoms with E-state index in [-0.39, 0.29) is 6.54 Å². The van der Waals surface area contributed by atoms with Crippen molar-refractivity contribution >= 4 is 17.7 Å². The lowest BCUT2D eigenvalue weighted by Crippen LogP contribution is -2.46. The van der Waals surface area contributed by atoms with Crippen molar-refractivity contribution in [3.05, 3.63) is 0 Å². The molecule has 3 amide bonds. The van der Waals surface area contributed by atoms with Crippen LogP contribution in [0.3, 0.4) is 0 Å². The number of nitrogens with one attached hydrogen (secondary N) is 2. The molecule has 7 heteroatoms. The topological polar surface area (TPSA) is 105 Å². The Balaban J connectivity index is 2.42. The zero-order chi connectivity index (χ0) is 12.0. The van der Waals surface area contributed by atoms with Crippen LogP contribution in [0, 0.1) is 0 Å². The molecule has 0 aromatic rings. The van der Waals surface area contributed by atoms with E-state index in [4.69, 9.17) is 5.73 Å². The van der Waals surface area contributed by atoms with E-state index in [9.17, 15) is 14.4 Å². The van der Waals surface area contributed by atoms with Gasteiger partial charge in [-0.2, -0.15) is 0 Å². The average molecular weight is 228 g/mol. The van der Waals surface area contributed by atoms with Crippen LogP contribution in [-0.2, 0) is 14.4 Å². The molecular formula is C9H16N4O3. The Hall–Kier alpha value is -1.63. The third-order valence-electron chi connectivity index (χ3n) is 2.24. The Morgan fingerprint density at radius 1 is 1.25 bits per heavy atom. The van der Waals surface area contributed by atoms with Gasteiger partial charge in [-0.15, -0.1) is 0 Å². The van der Waals surface area contributed by atoms with Crippen molar-refractivity contribution in [3.8, 4) is 0 Å². The molecule has 4 N–H and O–H groups in total. The minimum atomic E-state index is -0.777. The summed E-state index contributed by atoms with van der Waals surface area (Å²) in [7, 11) is 0. The highest BCUT2D eigenvalue weighted by atomic mass is 16.2. The molecule has 0 saturated carbocycles. The van der Waals surface area contributed by atoms with Gasteiger partial charge in [0.25, 0.3) is 0 Å². The van der Waals surface area contributed by atoms with Crippen molar-refractivity contribution in [3.63, 3.8) is 0 Å². The van der Waals surface area contributed by atoms with E-state index in [1.165, 1.54) is 4.90 Å². The predicted octanol–water partition coefficient (Wildman–Crippen LogP) is -2.59. The van der Waals surface area contributed by atoms with E-state index in [1.807, 2.05) is 0 Å². The maximum Gasteiger partial charge on any atom is 0.311 e. The van der Waals surface area contributed by atoms with Gasteiger partial charge in [0.2, 0.25) is 5.91 Å². The second-order valence-corrected chi connectivity index (χ2v) is 3.54. The fourth-order valence-electron chi connectivity index (χ4n) is 1.44. The quantitative estimate of drug-likeness (QED) is 0.451. The summed E-state index contributed by atoms with van der Waals surface area (Å²) in [6.07, 6.45) is 0.814. The van der Waals surface area contributed by atoms with Crippen LogP contribution in [0.25, 0.3) is 0 Å². The van der Waals surface area contributed by atoms with Gasteiger partial charge in [-0.3, -0.25) is 14.4 Å². The second-order valence-electron chi connectivity index (χ2n) is 3.54. The first-order valence-electron chi connectivity index (χ1n) is 5.17. The molecule has 0 spiro atoms. The molecule has 0 atom stereocenters. The van der Waals surface area contributed by atoms with E-state index in [1.54, 1.807) is 0 Å². The molecule has 7 nitrogen and oxygen atoms in total. The Kier molecular flexibility index (Phi) is 4.71. The van der Waals surface area contributed by atoms with E-state index in [0.717, 1.165) is 13.0 Å². The molecule has 1 heterocycles. The summed E-state index contributed by atoms with van der Waals surface area (Å²) in [6.45, 7) is 2.26. The number of nitrogens with two attached hydrogens (primary N) is 1. The summed E-state index contributed by atoms with van der Waals surface area (Å²) in [5.41, 5.74) is 4.86. The number of carbonyl (C=O) groups excluding carboxylic acids is 3.